The molecule has 5 heteroatoms. The van der Waals surface area contributed by atoms with Gasteiger partial charge in [-0.2, -0.15) is 5.10 Å². The van der Waals surface area contributed by atoms with Gasteiger partial charge >= 0.3 is 0 Å². The van der Waals surface area contributed by atoms with E-state index in [1.54, 1.807) is 18.2 Å². The first-order valence-corrected chi connectivity index (χ1v) is 7.34. The standard InChI is InChI=1S/C16H23N3O2/c1-3-18(11-14-8-9-19(4-2)17-14)12-16(21)13-6-5-7-15(20)10-13/h5-10,16,20-21H,3-4,11-12H2,1-2H3/t16-/m0/s1. The minimum absolute atomic E-state index is 0.177. The van der Waals surface area contributed by atoms with Crippen molar-refractivity contribution in [1.82, 2.24) is 14.7 Å². The molecule has 0 aliphatic heterocycles. The predicted molar refractivity (Wildman–Crippen MR) is 81.9 cm³/mol. The van der Waals surface area contributed by atoms with Crippen molar-refractivity contribution in [1.29, 1.82) is 0 Å². The summed E-state index contributed by atoms with van der Waals surface area (Å²) < 4.78 is 1.90. The van der Waals surface area contributed by atoms with E-state index in [2.05, 4.69) is 23.8 Å². The fourth-order valence-corrected chi connectivity index (χ4v) is 2.28. The van der Waals surface area contributed by atoms with Gasteiger partial charge in [-0.25, -0.2) is 0 Å². The maximum Gasteiger partial charge on any atom is 0.115 e. The molecule has 2 rings (SSSR count). The number of nitrogens with zero attached hydrogens (tertiary/aromatic N) is 3. The minimum atomic E-state index is -0.620. The number of phenols is 1. The van der Waals surface area contributed by atoms with Crippen LogP contribution in [0, 0.1) is 0 Å². The van der Waals surface area contributed by atoms with E-state index in [0.29, 0.717) is 13.1 Å². The third-order valence-electron chi connectivity index (χ3n) is 3.54. The van der Waals surface area contributed by atoms with Gasteiger partial charge in [0.2, 0.25) is 0 Å². The molecular formula is C16H23N3O2. The zero-order valence-electron chi connectivity index (χ0n) is 12.6. The van der Waals surface area contributed by atoms with E-state index in [4.69, 9.17) is 0 Å². The molecule has 1 aromatic carbocycles. The number of aromatic hydroxyl groups is 1. The Morgan fingerprint density at radius 2 is 2.10 bits per heavy atom. The van der Waals surface area contributed by atoms with Crippen molar-refractivity contribution in [3.63, 3.8) is 0 Å². The molecule has 5 nitrogen and oxygen atoms in total. The van der Waals surface area contributed by atoms with Crippen molar-refractivity contribution in [2.75, 3.05) is 13.1 Å². The first-order valence-electron chi connectivity index (χ1n) is 7.34. The third-order valence-corrected chi connectivity index (χ3v) is 3.54. The molecule has 0 aliphatic carbocycles. The van der Waals surface area contributed by atoms with Gasteiger partial charge in [-0.05, 0) is 37.2 Å². The molecule has 0 radical (unpaired) electrons. The van der Waals surface area contributed by atoms with Gasteiger partial charge in [-0.3, -0.25) is 9.58 Å². The van der Waals surface area contributed by atoms with Crippen molar-refractivity contribution in [3.05, 3.63) is 47.8 Å². The highest BCUT2D eigenvalue weighted by Gasteiger charge is 2.14. The number of aryl methyl sites for hydroxylation is 1. The van der Waals surface area contributed by atoms with Crippen LogP contribution < -0.4 is 0 Å². The highest BCUT2D eigenvalue weighted by molar-refractivity contribution is 5.28. The molecule has 1 atom stereocenters. The number of aliphatic hydroxyl groups is 1. The Balaban J connectivity index is 1.98. The fourth-order valence-electron chi connectivity index (χ4n) is 2.28. The third kappa shape index (κ3) is 4.31. The monoisotopic (exact) mass is 289 g/mol. The average molecular weight is 289 g/mol. The van der Waals surface area contributed by atoms with Crippen molar-refractivity contribution in [2.45, 2.75) is 33.0 Å². The van der Waals surface area contributed by atoms with Crippen LogP contribution >= 0.6 is 0 Å². The Hall–Kier alpha value is -1.85. The molecule has 21 heavy (non-hydrogen) atoms. The van der Waals surface area contributed by atoms with E-state index in [1.807, 2.05) is 23.0 Å². The second-order valence-electron chi connectivity index (χ2n) is 5.10. The number of aromatic nitrogens is 2. The zero-order chi connectivity index (χ0) is 15.2. The molecule has 0 saturated carbocycles. The van der Waals surface area contributed by atoms with E-state index in [1.165, 1.54) is 0 Å². The first kappa shape index (κ1) is 15.5. The van der Waals surface area contributed by atoms with Crippen LogP contribution in [0.15, 0.2) is 36.5 Å². The van der Waals surface area contributed by atoms with Crippen LogP contribution in [0.25, 0.3) is 0 Å². The lowest BCUT2D eigenvalue weighted by Crippen LogP contribution is -2.28. The summed E-state index contributed by atoms with van der Waals surface area (Å²) in [6.07, 6.45) is 1.35. The Bertz CT molecular complexity index is 568. The van der Waals surface area contributed by atoms with Crippen LogP contribution in [0.4, 0.5) is 0 Å². The Kier molecular flexibility index (Phi) is 5.36. The zero-order valence-corrected chi connectivity index (χ0v) is 12.6. The topological polar surface area (TPSA) is 61.5 Å². The number of aliphatic hydroxyl groups excluding tert-OH is 1. The molecule has 0 bridgehead atoms. The van der Waals surface area contributed by atoms with Gasteiger partial charge in [0.05, 0.1) is 11.8 Å². The van der Waals surface area contributed by atoms with E-state index in [0.717, 1.165) is 24.3 Å². The largest absolute Gasteiger partial charge is 0.508 e. The lowest BCUT2D eigenvalue weighted by atomic mass is 10.1. The van der Waals surface area contributed by atoms with Crippen molar-refractivity contribution in [2.24, 2.45) is 0 Å². The molecule has 0 amide bonds. The second-order valence-corrected chi connectivity index (χ2v) is 5.10. The maximum absolute atomic E-state index is 10.3. The minimum Gasteiger partial charge on any atom is -0.508 e. The van der Waals surface area contributed by atoms with Crippen LogP contribution in [-0.4, -0.2) is 38.0 Å². The summed E-state index contributed by atoms with van der Waals surface area (Å²) in [4.78, 5) is 2.14. The molecule has 0 unspecified atom stereocenters. The van der Waals surface area contributed by atoms with Crippen molar-refractivity contribution >= 4 is 0 Å². The van der Waals surface area contributed by atoms with Gasteiger partial charge in [0.25, 0.3) is 0 Å². The number of likely N-dealkylation sites (N-methyl/N-ethyl adjacent to an activating group) is 1. The fraction of sp³-hybridized carbons (Fsp3) is 0.438. The number of hydrogen-bond donors (Lipinski definition) is 2. The summed E-state index contributed by atoms with van der Waals surface area (Å²) >= 11 is 0. The normalized spacial score (nSPS) is 12.8. The SMILES string of the molecule is CCN(Cc1ccn(CC)n1)C[C@H](O)c1cccc(O)c1. The summed E-state index contributed by atoms with van der Waals surface area (Å²) in [6, 6.07) is 8.78. The highest BCUT2D eigenvalue weighted by Crippen LogP contribution is 2.19. The van der Waals surface area contributed by atoms with Gasteiger partial charge in [0.1, 0.15) is 5.75 Å². The number of phenolic OH excluding ortho intramolecular Hbond substituents is 1. The highest BCUT2D eigenvalue weighted by atomic mass is 16.3. The van der Waals surface area contributed by atoms with E-state index < -0.39 is 6.10 Å². The predicted octanol–water partition coefficient (Wildman–Crippen LogP) is 2.16. The lowest BCUT2D eigenvalue weighted by molar-refractivity contribution is 0.111. The van der Waals surface area contributed by atoms with Gasteiger partial charge in [-0.1, -0.05) is 19.1 Å². The van der Waals surface area contributed by atoms with Crippen LogP contribution in [-0.2, 0) is 13.1 Å². The van der Waals surface area contributed by atoms with Gasteiger partial charge in [-0.15, -0.1) is 0 Å². The van der Waals surface area contributed by atoms with Crippen LogP contribution in [0.2, 0.25) is 0 Å². The molecule has 0 saturated heterocycles. The molecule has 114 valence electrons. The number of hydrogen-bond acceptors (Lipinski definition) is 4. The van der Waals surface area contributed by atoms with Crippen molar-refractivity contribution in [3.8, 4) is 5.75 Å². The molecule has 0 spiro atoms. The van der Waals surface area contributed by atoms with Crippen LogP contribution in [0.1, 0.15) is 31.2 Å². The summed E-state index contributed by atoms with van der Waals surface area (Å²) in [5.74, 6) is 0.177. The molecule has 0 fully saturated rings. The van der Waals surface area contributed by atoms with Gasteiger partial charge < -0.3 is 10.2 Å². The first-order chi connectivity index (χ1) is 10.1. The number of rotatable bonds is 7. The van der Waals surface area contributed by atoms with Crippen LogP contribution in [0.5, 0.6) is 5.75 Å². The van der Waals surface area contributed by atoms with Gasteiger partial charge in [0, 0.05) is 25.8 Å². The van der Waals surface area contributed by atoms with Crippen molar-refractivity contribution < 1.29 is 10.2 Å². The smallest absolute Gasteiger partial charge is 0.115 e. The van der Waals surface area contributed by atoms with E-state index in [-0.39, 0.29) is 5.75 Å². The molecule has 1 heterocycles. The van der Waals surface area contributed by atoms with Gasteiger partial charge in [0.15, 0.2) is 0 Å². The summed E-state index contributed by atoms with van der Waals surface area (Å²) in [6.45, 7) is 7.03. The molecule has 0 aliphatic rings. The quantitative estimate of drug-likeness (QED) is 0.820. The molecule has 1 aromatic heterocycles. The maximum atomic E-state index is 10.3. The van der Waals surface area contributed by atoms with Crippen LogP contribution in [0.3, 0.4) is 0 Å². The summed E-state index contributed by atoms with van der Waals surface area (Å²) in [5.41, 5.74) is 1.73. The number of benzene rings is 1. The molecule has 2 aromatic rings. The Labute approximate surface area is 125 Å². The second kappa shape index (κ2) is 7.24. The summed E-state index contributed by atoms with van der Waals surface area (Å²) in [5, 5.41) is 24.2. The van der Waals surface area contributed by atoms with E-state index >= 15 is 0 Å². The summed E-state index contributed by atoms with van der Waals surface area (Å²) in [7, 11) is 0. The Morgan fingerprint density at radius 1 is 1.29 bits per heavy atom. The lowest BCUT2D eigenvalue weighted by Gasteiger charge is -2.23. The molecular weight excluding hydrogens is 266 g/mol. The Morgan fingerprint density at radius 3 is 2.71 bits per heavy atom. The molecule has 2 N–H and O–H groups in total. The average Bonchev–Trinajstić information content (AvgIpc) is 2.94. The van der Waals surface area contributed by atoms with E-state index in [9.17, 15) is 10.2 Å².